The SMILES string of the molecule is CCC(CC)(CBr)NS(=O)(=O)c1cn[nH]c1. The molecule has 1 heterocycles. The number of nitrogens with one attached hydrogen (secondary N) is 2. The fourth-order valence-corrected chi connectivity index (χ4v) is 3.91. The summed E-state index contributed by atoms with van der Waals surface area (Å²) in [5.74, 6) is 0. The number of hydrogen-bond acceptors (Lipinski definition) is 3. The van der Waals surface area contributed by atoms with Gasteiger partial charge in [-0.1, -0.05) is 29.8 Å². The van der Waals surface area contributed by atoms with Gasteiger partial charge >= 0.3 is 0 Å². The lowest BCUT2D eigenvalue weighted by atomic mass is 9.97. The van der Waals surface area contributed by atoms with Crippen LogP contribution in [0.25, 0.3) is 0 Å². The second kappa shape index (κ2) is 5.29. The largest absolute Gasteiger partial charge is 0.284 e. The normalized spacial score (nSPS) is 12.9. The van der Waals surface area contributed by atoms with Gasteiger partial charge in [0, 0.05) is 17.1 Å². The second-order valence-electron chi connectivity index (χ2n) is 3.66. The van der Waals surface area contributed by atoms with Crippen LogP contribution in [0.1, 0.15) is 26.7 Å². The smallest absolute Gasteiger partial charge is 0.244 e. The maximum Gasteiger partial charge on any atom is 0.244 e. The molecule has 0 atom stereocenters. The lowest BCUT2D eigenvalue weighted by Gasteiger charge is -2.30. The molecule has 0 aromatic carbocycles. The summed E-state index contributed by atoms with van der Waals surface area (Å²) in [5.41, 5.74) is -0.434. The predicted molar refractivity (Wildman–Crippen MR) is 66.0 cm³/mol. The van der Waals surface area contributed by atoms with E-state index in [1.54, 1.807) is 0 Å². The van der Waals surface area contributed by atoms with Crippen molar-refractivity contribution >= 4 is 26.0 Å². The first-order valence-electron chi connectivity index (χ1n) is 5.08. The van der Waals surface area contributed by atoms with E-state index in [1.807, 2.05) is 13.8 Å². The molecular weight excluding hydrogens is 294 g/mol. The molecule has 1 aromatic heterocycles. The Labute approximate surface area is 104 Å². The van der Waals surface area contributed by atoms with E-state index in [2.05, 4.69) is 30.8 Å². The second-order valence-corrected chi connectivity index (χ2v) is 5.90. The van der Waals surface area contributed by atoms with E-state index in [9.17, 15) is 8.42 Å². The molecule has 2 N–H and O–H groups in total. The minimum absolute atomic E-state index is 0.166. The van der Waals surface area contributed by atoms with Crippen LogP contribution in [0.4, 0.5) is 0 Å². The molecule has 16 heavy (non-hydrogen) atoms. The summed E-state index contributed by atoms with van der Waals surface area (Å²) in [6.07, 6.45) is 4.12. The lowest BCUT2D eigenvalue weighted by molar-refractivity contribution is 0.398. The molecular formula is C9H16BrN3O2S. The number of rotatable bonds is 6. The van der Waals surface area contributed by atoms with E-state index < -0.39 is 15.6 Å². The molecule has 0 aliphatic heterocycles. The Kier molecular flexibility index (Phi) is 4.52. The van der Waals surface area contributed by atoms with Gasteiger partial charge in [0.05, 0.1) is 6.20 Å². The third-order valence-electron chi connectivity index (χ3n) is 2.74. The van der Waals surface area contributed by atoms with Gasteiger partial charge in [-0.05, 0) is 12.8 Å². The zero-order valence-electron chi connectivity index (χ0n) is 9.33. The summed E-state index contributed by atoms with van der Waals surface area (Å²) >= 11 is 3.36. The Balaban J connectivity index is 2.96. The van der Waals surface area contributed by atoms with Crippen molar-refractivity contribution in [2.24, 2.45) is 0 Å². The number of aromatic amines is 1. The first kappa shape index (κ1) is 13.7. The molecule has 7 heteroatoms. The number of nitrogens with zero attached hydrogens (tertiary/aromatic N) is 1. The van der Waals surface area contributed by atoms with Gasteiger partial charge in [-0.2, -0.15) is 5.10 Å². The first-order valence-corrected chi connectivity index (χ1v) is 7.69. The van der Waals surface area contributed by atoms with Crippen LogP contribution in [0, 0.1) is 0 Å². The maximum atomic E-state index is 12.0. The highest BCUT2D eigenvalue weighted by Gasteiger charge is 2.31. The van der Waals surface area contributed by atoms with Crippen LogP contribution < -0.4 is 4.72 Å². The number of halogens is 1. The van der Waals surface area contributed by atoms with Crippen molar-refractivity contribution in [2.45, 2.75) is 37.1 Å². The Hall–Kier alpha value is -0.400. The molecule has 0 bridgehead atoms. The average molecular weight is 310 g/mol. The van der Waals surface area contributed by atoms with Gasteiger partial charge in [-0.25, -0.2) is 13.1 Å². The Bertz CT molecular complexity index is 404. The number of aromatic nitrogens is 2. The molecule has 0 aliphatic carbocycles. The molecule has 0 spiro atoms. The van der Waals surface area contributed by atoms with Crippen LogP contribution in [-0.2, 0) is 10.0 Å². The third-order valence-corrected chi connectivity index (χ3v) is 5.36. The minimum Gasteiger partial charge on any atom is -0.284 e. The molecule has 0 amide bonds. The van der Waals surface area contributed by atoms with E-state index in [0.29, 0.717) is 5.33 Å². The fraction of sp³-hybridized carbons (Fsp3) is 0.667. The number of alkyl halides is 1. The maximum absolute atomic E-state index is 12.0. The van der Waals surface area contributed by atoms with Gasteiger partial charge in [-0.3, -0.25) is 5.10 Å². The van der Waals surface area contributed by atoms with Gasteiger partial charge in [-0.15, -0.1) is 0 Å². The van der Waals surface area contributed by atoms with Crippen LogP contribution in [0.5, 0.6) is 0 Å². The van der Waals surface area contributed by atoms with Crippen molar-refractivity contribution in [1.82, 2.24) is 14.9 Å². The zero-order valence-corrected chi connectivity index (χ0v) is 11.7. The number of sulfonamides is 1. The summed E-state index contributed by atoms with van der Waals surface area (Å²) in [6, 6.07) is 0. The monoisotopic (exact) mass is 309 g/mol. The molecule has 5 nitrogen and oxygen atoms in total. The van der Waals surface area contributed by atoms with Crippen molar-refractivity contribution in [3.8, 4) is 0 Å². The Morgan fingerprint density at radius 1 is 1.50 bits per heavy atom. The van der Waals surface area contributed by atoms with Gasteiger partial charge < -0.3 is 0 Å². The first-order chi connectivity index (χ1) is 7.49. The summed E-state index contributed by atoms with van der Waals surface area (Å²) < 4.78 is 26.7. The van der Waals surface area contributed by atoms with E-state index in [1.165, 1.54) is 12.4 Å². The molecule has 0 radical (unpaired) electrons. The molecule has 0 aliphatic rings. The number of H-pyrrole nitrogens is 1. The fourth-order valence-electron chi connectivity index (χ4n) is 1.34. The molecule has 92 valence electrons. The summed E-state index contributed by atoms with van der Waals surface area (Å²) in [5, 5.41) is 6.72. The van der Waals surface area contributed by atoms with Crippen LogP contribution in [-0.4, -0.2) is 29.5 Å². The van der Waals surface area contributed by atoms with Gasteiger partial charge in [0.25, 0.3) is 0 Å². The van der Waals surface area contributed by atoms with Crippen molar-refractivity contribution < 1.29 is 8.42 Å². The molecule has 0 saturated heterocycles. The topological polar surface area (TPSA) is 74.8 Å². The quantitative estimate of drug-likeness (QED) is 0.784. The Morgan fingerprint density at radius 2 is 2.12 bits per heavy atom. The highest BCUT2D eigenvalue weighted by molar-refractivity contribution is 9.09. The summed E-state index contributed by atoms with van der Waals surface area (Å²) in [4.78, 5) is 0.166. The molecule has 0 fully saturated rings. The Morgan fingerprint density at radius 3 is 2.50 bits per heavy atom. The van der Waals surface area contributed by atoms with Crippen molar-refractivity contribution in [3.05, 3.63) is 12.4 Å². The minimum atomic E-state index is -3.48. The summed E-state index contributed by atoms with van der Waals surface area (Å²) in [6.45, 7) is 3.92. The highest BCUT2D eigenvalue weighted by atomic mass is 79.9. The number of hydrogen-bond donors (Lipinski definition) is 2. The van der Waals surface area contributed by atoms with Gasteiger partial charge in [0.2, 0.25) is 10.0 Å². The van der Waals surface area contributed by atoms with Crippen molar-refractivity contribution in [3.63, 3.8) is 0 Å². The highest BCUT2D eigenvalue weighted by Crippen LogP contribution is 2.21. The van der Waals surface area contributed by atoms with Gasteiger partial charge in [0.15, 0.2) is 0 Å². The third kappa shape index (κ3) is 2.83. The lowest BCUT2D eigenvalue weighted by Crippen LogP contribution is -2.48. The van der Waals surface area contributed by atoms with Crippen LogP contribution in [0.15, 0.2) is 17.3 Å². The van der Waals surface area contributed by atoms with Crippen LogP contribution >= 0.6 is 15.9 Å². The van der Waals surface area contributed by atoms with Crippen LogP contribution in [0.3, 0.4) is 0 Å². The molecule has 1 rings (SSSR count). The zero-order chi connectivity index (χ0) is 12.2. The van der Waals surface area contributed by atoms with Crippen LogP contribution in [0.2, 0.25) is 0 Å². The van der Waals surface area contributed by atoms with E-state index in [4.69, 9.17) is 0 Å². The molecule has 0 saturated carbocycles. The molecule has 1 aromatic rings. The summed E-state index contributed by atoms with van der Waals surface area (Å²) in [7, 11) is -3.48. The van der Waals surface area contributed by atoms with E-state index in [0.717, 1.165) is 12.8 Å². The van der Waals surface area contributed by atoms with Crippen molar-refractivity contribution in [2.75, 3.05) is 5.33 Å². The van der Waals surface area contributed by atoms with Crippen molar-refractivity contribution in [1.29, 1.82) is 0 Å². The average Bonchev–Trinajstić information content (AvgIpc) is 2.80. The predicted octanol–water partition coefficient (Wildman–Crippen LogP) is 1.64. The van der Waals surface area contributed by atoms with E-state index in [-0.39, 0.29) is 4.90 Å². The van der Waals surface area contributed by atoms with Gasteiger partial charge in [0.1, 0.15) is 4.90 Å². The molecule has 0 unspecified atom stereocenters. The standard InChI is InChI=1S/C9H16BrN3O2S/c1-3-9(4-2,7-10)13-16(14,15)8-5-11-12-6-8/h5-6,13H,3-4,7H2,1-2H3,(H,11,12). The van der Waals surface area contributed by atoms with E-state index >= 15 is 0 Å².